The molecule has 1 atom stereocenters. The number of aliphatic hydroxyl groups excluding tert-OH is 1. The van der Waals surface area contributed by atoms with Crippen LogP contribution < -0.4 is 10.6 Å². The van der Waals surface area contributed by atoms with Gasteiger partial charge >= 0.3 is 6.03 Å². The summed E-state index contributed by atoms with van der Waals surface area (Å²) < 4.78 is 0. The van der Waals surface area contributed by atoms with Crippen LogP contribution in [0.15, 0.2) is 24.3 Å². The molecule has 118 valence electrons. The second kappa shape index (κ2) is 7.64. The van der Waals surface area contributed by atoms with Gasteiger partial charge in [0.15, 0.2) is 0 Å². The summed E-state index contributed by atoms with van der Waals surface area (Å²) in [6, 6.07) is 6.27. The van der Waals surface area contributed by atoms with E-state index in [-0.39, 0.29) is 18.2 Å². The van der Waals surface area contributed by atoms with Gasteiger partial charge in [-0.2, -0.15) is 0 Å². The average molecular weight is 314 g/mol. The normalized spacial score (nSPS) is 13.1. The number of rotatable bonds is 6. The van der Waals surface area contributed by atoms with Gasteiger partial charge in [0.25, 0.3) is 0 Å². The summed E-state index contributed by atoms with van der Waals surface area (Å²) in [6.07, 6.45) is 0. The quantitative estimate of drug-likeness (QED) is 0.753. The molecule has 3 N–H and O–H groups in total. The Balaban J connectivity index is 2.57. The molecule has 0 fully saturated rings. The first-order valence-corrected chi connectivity index (χ1v) is 7.22. The third kappa shape index (κ3) is 5.53. The Labute approximate surface area is 131 Å². The molecular weight excluding hydrogens is 290 g/mol. The largest absolute Gasteiger partial charge is 0.394 e. The molecule has 0 bridgehead atoms. The van der Waals surface area contributed by atoms with Crippen LogP contribution in [-0.4, -0.2) is 48.8 Å². The molecule has 21 heavy (non-hydrogen) atoms. The predicted octanol–water partition coefficient (Wildman–Crippen LogP) is 2.01. The lowest BCUT2D eigenvalue weighted by Gasteiger charge is -2.32. The Kier molecular flexibility index (Phi) is 6.45. The summed E-state index contributed by atoms with van der Waals surface area (Å²) in [5.41, 5.74) is 0.663. The van der Waals surface area contributed by atoms with E-state index >= 15 is 0 Å². The van der Waals surface area contributed by atoms with Crippen LogP contribution in [-0.2, 0) is 0 Å². The van der Waals surface area contributed by atoms with Crippen LogP contribution >= 0.6 is 11.6 Å². The fourth-order valence-electron chi connectivity index (χ4n) is 1.59. The number of nitrogens with one attached hydrogen (secondary N) is 2. The van der Waals surface area contributed by atoms with Gasteiger partial charge in [-0.1, -0.05) is 23.7 Å². The fraction of sp³-hybridized carbons (Fsp3) is 0.533. The highest BCUT2D eigenvalue weighted by Gasteiger charge is 2.22. The van der Waals surface area contributed by atoms with Crippen molar-refractivity contribution in [1.29, 1.82) is 0 Å². The molecule has 6 heteroatoms. The highest BCUT2D eigenvalue weighted by Crippen LogP contribution is 2.16. The van der Waals surface area contributed by atoms with Crippen LogP contribution in [0, 0.1) is 0 Å². The molecule has 1 unspecified atom stereocenters. The number of carbonyl (C=O) groups is 1. The Morgan fingerprint density at radius 2 is 1.90 bits per heavy atom. The summed E-state index contributed by atoms with van der Waals surface area (Å²) in [4.78, 5) is 14.0. The van der Waals surface area contributed by atoms with Crippen LogP contribution in [0.1, 0.15) is 25.5 Å². The maximum Gasteiger partial charge on any atom is 0.315 e. The Morgan fingerprint density at radius 1 is 1.33 bits per heavy atom. The summed E-state index contributed by atoms with van der Waals surface area (Å²) >= 11 is 5.83. The minimum atomic E-state index is -0.454. The number of hydrogen-bond acceptors (Lipinski definition) is 3. The number of amides is 2. The number of benzene rings is 1. The zero-order valence-electron chi connectivity index (χ0n) is 13.0. The van der Waals surface area contributed by atoms with Crippen molar-refractivity contribution >= 4 is 17.6 Å². The monoisotopic (exact) mass is 313 g/mol. The number of nitrogens with zero attached hydrogens (tertiary/aromatic N) is 1. The van der Waals surface area contributed by atoms with E-state index in [0.717, 1.165) is 5.56 Å². The van der Waals surface area contributed by atoms with Crippen molar-refractivity contribution in [3.05, 3.63) is 34.9 Å². The predicted molar refractivity (Wildman–Crippen MR) is 85.6 cm³/mol. The van der Waals surface area contributed by atoms with Gasteiger partial charge in [0, 0.05) is 17.1 Å². The lowest BCUT2D eigenvalue weighted by atomic mass is 10.0. The number of aliphatic hydroxyl groups is 1. The van der Waals surface area contributed by atoms with Crippen molar-refractivity contribution < 1.29 is 9.90 Å². The molecule has 1 rings (SSSR count). The van der Waals surface area contributed by atoms with E-state index < -0.39 is 6.04 Å². The molecule has 0 spiro atoms. The first kappa shape index (κ1) is 17.8. The Bertz CT molecular complexity index is 460. The molecule has 0 aliphatic heterocycles. The molecule has 0 aliphatic rings. The maximum absolute atomic E-state index is 11.9. The second-order valence-electron chi connectivity index (χ2n) is 5.82. The number of likely N-dealkylation sites (N-methyl/N-ethyl adjacent to an activating group) is 1. The zero-order chi connectivity index (χ0) is 16.0. The van der Waals surface area contributed by atoms with Crippen LogP contribution in [0.3, 0.4) is 0 Å². The van der Waals surface area contributed by atoms with E-state index in [1.165, 1.54) is 0 Å². The number of carbonyl (C=O) groups excluding carboxylic acids is 1. The number of halogens is 1. The van der Waals surface area contributed by atoms with E-state index in [0.29, 0.717) is 11.6 Å². The third-order valence-corrected chi connectivity index (χ3v) is 3.90. The SMILES string of the molecule is CN(C)C(C)(C)CNC(=O)NC(CO)c1ccc(Cl)cc1. The van der Waals surface area contributed by atoms with Gasteiger partial charge in [-0.05, 0) is 45.6 Å². The van der Waals surface area contributed by atoms with Crippen molar-refractivity contribution in [3.8, 4) is 0 Å². The summed E-state index contributed by atoms with van der Waals surface area (Å²) in [5, 5.41) is 15.6. The Morgan fingerprint density at radius 3 is 2.38 bits per heavy atom. The standard InChI is InChI=1S/C15H24ClN3O2/c1-15(2,19(3)4)10-17-14(21)18-13(9-20)11-5-7-12(16)8-6-11/h5-8,13,20H,9-10H2,1-4H3,(H2,17,18,21). The van der Waals surface area contributed by atoms with Gasteiger partial charge in [-0.3, -0.25) is 0 Å². The molecule has 2 amide bonds. The lowest BCUT2D eigenvalue weighted by Crippen LogP contribution is -2.50. The summed E-state index contributed by atoms with van der Waals surface area (Å²) in [5.74, 6) is 0. The summed E-state index contributed by atoms with van der Waals surface area (Å²) in [6.45, 7) is 4.41. The summed E-state index contributed by atoms with van der Waals surface area (Å²) in [7, 11) is 3.92. The van der Waals surface area contributed by atoms with E-state index in [1.54, 1.807) is 24.3 Å². The minimum absolute atomic E-state index is 0.147. The number of urea groups is 1. The average Bonchev–Trinajstić information content (AvgIpc) is 2.43. The van der Waals surface area contributed by atoms with Crippen molar-refractivity contribution in [2.75, 3.05) is 27.2 Å². The molecule has 0 saturated carbocycles. The number of hydrogen-bond donors (Lipinski definition) is 3. The molecule has 0 radical (unpaired) electrons. The maximum atomic E-state index is 11.9. The highest BCUT2D eigenvalue weighted by molar-refractivity contribution is 6.30. The van der Waals surface area contributed by atoms with E-state index in [2.05, 4.69) is 10.6 Å². The van der Waals surface area contributed by atoms with Crippen molar-refractivity contribution in [1.82, 2.24) is 15.5 Å². The van der Waals surface area contributed by atoms with Crippen LogP contribution in [0.4, 0.5) is 4.79 Å². The molecule has 1 aromatic rings. The highest BCUT2D eigenvalue weighted by atomic mass is 35.5. The van der Waals surface area contributed by atoms with E-state index in [4.69, 9.17) is 11.6 Å². The molecule has 0 heterocycles. The molecule has 5 nitrogen and oxygen atoms in total. The Hall–Kier alpha value is -1.30. The second-order valence-corrected chi connectivity index (χ2v) is 6.26. The van der Waals surface area contributed by atoms with Crippen molar-refractivity contribution in [2.24, 2.45) is 0 Å². The lowest BCUT2D eigenvalue weighted by molar-refractivity contribution is 0.182. The molecule has 0 saturated heterocycles. The van der Waals surface area contributed by atoms with Crippen LogP contribution in [0.2, 0.25) is 5.02 Å². The molecule has 1 aromatic carbocycles. The zero-order valence-corrected chi connectivity index (χ0v) is 13.7. The first-order valence-electron chi connectivity index (χ1n) is 6.84. The van der Waals surface area contributed by atoms with Gasteiger partial charge in [0.1, 0.15) is 0 Å². The van der Waals surface area contributed by atoms with Gasteiger partial charge in [-0.25, -0.2) is 4.79 Å². The first-order chi connectivity index (χ1) is 9.76. The molecule has 0 aromatic heterocycles. The van der Waals surface area contributed by atoms with Crippen molar-refractivity contribution in [2.45, 2.75) is 25.4 Å². The van der Waals surface area contributed by atoms with Crippen LogP contribution in [0.5, 0.6) is 0 Å². The van der Waals surface area contributed by atoms with Gasteiger partial charge in [-0.15, -0.1) is 0 Å². The van der Waals surface area contributed by atoms with Gasteiger partial charge in [0.05, 0.1) is 12.6 Å². The smallest absolute Gasteiger partial charge is 0.315 e. The van der Waals surface area contributed by atoms with E-state index in [1.807, 2.05) is 32.8 Å². The fourth-order valence-corrected chi connectivity index (χ4v) is 1.72. The van der Waals surface area contributed by atoms with Gasteiger partial charge in [0.2, 0.25) is 0 Å². The van der Waals surface area contributed by atoms with Crippen LogP contribution in [0.25, 0.3) is 0 Å². The minimum Gasteiger partial charge on any atom is -0.394 e. The van der Waals surface area contributed by atoms with Gasteiger partial charge < -0.3 is 20.6 Å². The third-order valence-electron chi connectivity index (χ3n) is 3.65. The topological polar surface area (TPSA) is 64.6 Å². The van der Waals surface area contributed by atoms with Crippen molar-refractivity contribution in [3.63, 3.8) is 0 Å². The van der Waals surface area contributed by atoms with E-state index in [9.17, 15) is 9.90 Å². The molecular formula is C15H24ClN3O2. The molecule has 0 aliphatic carbocycles.